The van der Waals surface area contributed by atoms with Crippen LogP contribution in [0.15, 0.2) is 18.2 Å². The second-order valence-corrected chi connectivity index (χ2v) is 7.76. The Labute approximate surface area is 147 Å². The maximum atomic E-state index is 13.2. The first-order chi connectivity index (χ1) is 11.4. The fourth-order valence-corrected chi connectivity index (χ4v) is 3.26. The molecule has 0 saturated carbocycles. The van der Waals surface area contributed by atoms with E-state index in [-0.39, 0.29) is 5.82 Å². The lowest BCUT2D eigenvalue weighted by molar-refractivity contribution is -0.159. The van der Waals surface area contributed by atoms with Crippen LogP contribution in [-0.4, -0.2) is 52.7 Å². The molecule has 1 saturated heterocycles. The number of ether oxygens (including phenoxy) is 1. The minimum absolute atomic E-state index is 0.345. The van der Waals surface area contributed by atoms with Crippen LogP contribution in [0, 0.1) is 12.7 Å². The van der Waals surface area contributed by atoms with Gasteiger partial charge in [0.2, 0.25) is 5.60 Å². The van der Waals surface area contributed by atoms with Crippen LogP contribution in [0.3, 0.4) is 0 Å². The van der Waals surface area contributed by atoms with Gasteiger partial charge in [0.05, 0.1) is 0 Å². The number of halogens is 1. The molecule has 0 radical (unpaired) electrons. The third-order valence-corrected chi connectivity index (χ3v) is 5.79. The van der Waals surface area contributed by atoms with Crippen molar-refractivity contribution in [3.8, 4) is 5.75 Å². The minimum Gasteiger partial charge on any atom is -0.478 e. The molecule has 0 spiro atoms. The number of rotatable bonds is 7. The van der Waals surface area contributed by atoms with Crippen molar-refractivity contribution in [2.24, 2.45) is 0 Å². The third kappa shape index (κ3) is 4.63. The fraction of sp³-hybridized carbons (Fsp3) is 0.611. The van der Waals surface area contributed by atoms with E-state index in [9.17, 15) is 14.3 Å². The number of carboxylic acid groups (broad SMARTS) is 1. The van der Waals surface area contributed by atoms with Gasteiger partial charge >= 0.3 is 5.97 Å². The summed E-state index contributed by atoms with van der Waals surface area (Å²) in [5, 5.41) is 10.3. The van der Waals surface area contributed by atoms with E-state index in [1.165, 1.54) is 18.2 Å². The third-order valence-electron chi connectivity index (χ3n) is 4.75. The molecule has 0 bridgehead atoms. The SMILES string of the molecule is CS[C@@H](C)CCN1CCC(Oc2ccc(F)cc2C)(C(=O)O)CC1. The summed E-state index contributed by atoms with van der Waals surface area (Å²) in [5.41, 5.74) is -0.601. The maximum absolute atomic E-state index is 13.2. The van der Waals surface area contributed by atoms with Crippen molar-refractivity contribution in [3.05, 3.63) is 29.6 Å². The number of thioether (sulfide) groups is 1. The first-order valence-electron chi connectivity index (χ1n) is 8.30. The number of carbonyl (C=O) groups is 1. The van der Waals surface area contributed by atoms with Crippen molar-refractivity contribution in [2.45, 2.75) is 44.0 Å². The molecule has 1 fully saturated rings. The van der Waals surface area contributed by atoms with Crippen molar-refractivity contribution in [1.29, 1.82) is 0 Å². The normalized spacial score (nSPS) is 19.0. The predicted molar refractivity (Wildman–Crippen MR) is 95.4 cm³/mol. The number of benzene rings is 1. The molecule has 134 valence electrons. The first kappa shape index (κ1) is 19.1. The Morgan fingerprint density at radius 2 is 2.12 bits per heavy atom. The van der Waals surface area contributed by atoms with Gasteiger partial charge in [-0.1, -0.05) is 6.92 Å². The zero-order valence-corrected chi connectivity index (χ0v) is 15.4. The molecule has 24 heavy (non-hydrogen) atoms. The number of aryl methyl sites for hydroxylation is 1. The van der Waals surface area contributed by atoms with Gasteiger partial charge in [0.1, 0.15) is 11.6 Å². The predicted octanol–water partition coefficient (Wildman–Crippen LogP) is 3.57. The number of piperidine rings is 1. The van der Waals surface area contributed by atoms with E-state index >= 15 is 0 Å². The molecule has 1 aliphatic heterocycles. The molecule has 1 heterocycles. The number of nitrogens with zero attached hydrogens (tertiary/aromatic N) is 1. The molecular weight excluding hydrogens is 329 g/mol. The number of hydrogen-bond donors (Lipinski definition) is 1. The summed E-state index contributed by atoms with van der Waals surface area (Å²) in [6, 6.07) is 4.18. The fourth-order valence-electron chi connectivity index (χ4n) is 2.92. The second kappa shape index (κ2) is 8.21. The molecular formula is C18H26FNO3S. The van der Waals surface area contributed by atoms with E-state index in [0.717, 1.165) is 13.0 Å². The highest BCUT2D eigenvalue weighted by atomic mass is 32.2. The summed E-state index contributed by atoms with van der Waals surface area (Å²) >= 11 is 1.85. The van der Waals surface area contributed by atoms with Gasteiger partial charge in [-0.3, -0.25) is 0 Å². The molecule has 2 rings (SSSR count). The van der Waals surface area contributed by atoms with Crippen LogP contribution in [-0.2, 0) is 4.79 Å². The van der Waals surface area contributed by atoms with Gasteiger partial charge in [-0.25, -0.2) is 9.18 Å². The lowest BCUT2D eigenvalue weighted by atomic mass is 9.90. The highest BCUT2D eigenvalue weighted by Crippen LogP contribution is 2.31. The number of aliphatic carboxylic acids is 1. The summed E-state index contributed by atoms with van der Waals surface area (Å²) in [6.07, 6.45) is 4.08. The van der Waals surface area contributed by atoms with Crippen LogP contribution in [0.1, 0.15) is 31.7 Å². The first-order valence-corrected chi connectivity index (χ1v) is 9.59. The Bertz CT molecular complexity index is 573. The summed E-state index contributed by atoms with van der Waals surface area (Å²) in [6.45, 7) is 6.32. The molecule has 1 aromatic carbocycles. The van der Waals surface area contributed by atoms with Gasteiger partial charge < -0.3 is 14.7 Å². The summed E-state index contributed by atoms with van der Waals surface area (Å²) in [7, 11) is 0. The highest BCUT2D eigenvalue weighted by molar-refractivity contribution is 7.99. The Kier molecular flexibility index (Phi) is 6.52. The van der Waals surface area contributed by atoms with E-state index < -0.39 is 11.6 Å². The summed E-state index contributed by atoms with van der Waals surface area (Å²) in [5.74, 6) is -0.839. The average molecular weight is 355 g/mol. The summed E-state index contributed by atoms with van der Waals surface area (Å²) in [4.78, 5) is 14.2. The molecule has 4 nitrogen and oxygen atoms in total. The van der Waals surface area contributed by atoms with E-state index in [1.807, 2.05) is 11.8 Å². The molecule has 0 amide bonds. The Hall–Kier alpha value is -1.27. The van der Waals surface area contributed by atoms with Gasteiger partial charge in [-0.2, -0.15) is 11.8 Å². The van der Waals surface area contributed by atoms with E-state index in [2.05, 4.69) is 18.1 Å². The van der Waals surface area contributed by atoms with Crippen LogP contribution < -0.4 is 4.74 Å². The Balaban J connectivity index is 2.02. The van der Waals surface area contributed by atoms with E-state index in [0.29, 0.717) is 42.5 Å². The highest BCUT2D eigenvalue weighted by Gasteiger charge is 2.44. The van der Waals surface area contributed by atoms with Crippen molar-refractivity contribution in [2.75, 3.05) is 25.9 Å². The van der Waals surface area contributed by atoms with Crippen molar-refractivity contribution in [3.63, 3.8) is 0 Å². The molecule has 1 aromatic rings. The second-order valence-electron chi connectivity index (χ2n) is 6.49. The van der Waals surface area contributed by atoms with Crippen molar-refractivity contribution < 1.29 is 19.0 Å². The van der Waals surface area contributed by atoms with Crippen molar-refractivity contribution >= 4 is 17.7 Å². The largest absolute Gasteiger partial charge is 0.478 e. The number of hydrogen-bond acceptors (Lipinski definition) is 4. The minimum atomic E-state index is -1.22. The van der Waals surface area contributed by atoms with Crippen LogP contribution in [0.4, 0.5) is 4.39 Å². The van der Waals surface area contributed by atoms with Gasteiger partial charge in [0.15, 0.2) is 0 Å². The Morgan fingerprint density at radius 1 is 1.46 bits per heavy atom. The molecule has 0 aromatic heterocycles. The zero-order valence-electron chi connectivity index (χ0n) is 14.5. The van der Waals surface area contributed by atoms with E-state index in [4.69, 9.17) is 4.74 Å². The smallest absolute Gasteiger partial charge is 0.348 e. The van der Waals surface area contributed by atoms with Gasteiger partial charge in [-0.05, 0) is 49.9 Å². The van der Waals surface area contributed by atoms with Gasteiger partial charge in [-0.15, -0.1) is 0 Å². The zero-order chi connectivity index (χ0) is 17.7. The topological polar surface area (TPSA) is 49.8 Å². The maximum Gasteiger partial charge on any atom is 0.348 e. The van der Waals surface area contributed by atoms with Crippen LogP contribution in [0.25, 0.3) is 0 Å². The lowest BCUT2D eigenvalue weighted by Gasteiger charge is -2.39. The standard InChI is InChI=1S/C18H26FNO3S/c1-13-12-15(19)4-5-16(13)23-18(17(21)22)7-10-20(11-8-18)9-6-14(2)24-3/h4-5,12,14H,6-11H2,1-3H3,(H,21,22)/t14-/m0/s1. The van der Waals surface area contributed by atoms with Gasteiger partial charge in [0.25, 0.3) is 0 Å². The van der Waals surface area contributed by atoms with Crippen LogP contribution in [0.5, 0.6) is 5.75 Å². The summed E-state index contributed by atoms with van der Waals surface area (Å²) < 4.78 is 19.1. The number of carboxylic acids is 1. The number of likely N-dealkylation sites (tertiary alicyclic amines) is 1. The monoisotopic (exact) mass is 355 g/mol. The lowest BCUT2D eigenvalue weighted by Crippen LogP contribution is -2.53. The molecule has 6 heteroatoms. The van der Waals surface area contributed by atoms with Crippen LogP contribution in [0.2, 0.25) is 0 Å². The quantitative estimate of drug-likeness (QED) is 0.810. The average Bonchev–Trinajstić information content (AvgIpc) is 2.56. The van der Waals surface area contributed by atoms with Gasteiger partial charge in [0, 0.05) is 31.2 Å². The molecule has 1 aliphatic rings. The molecule has 1 atom stereocenters. The van der Waals surface area contributed by atoms with Crippen molar-refractivity contribution in [1.82, 2.24) is 4.90 Å². The molecule has 1 N–H and O–H groups in total. The van der Waals surface area contributed by atoms with E-state index in [1.54, 1.807) is 6.92 Å². The van der Waals surface area contributed by atoms with Crippen LogP contribution >= 0.6 is 11.8 Å². The molecule has 0 aliphatic carbocycles. The Morgan fingerprint density at radius 3 is 2.67 bits per heavy atom. The molecule has 0 unspecified atom stereocenters.